The van der Waals surface area contributed by atoms with Gasteiger partial charge in [-0.1, -0.05) is 20.8 Å². The Labute approximate surface area is 115 Å². The minimum absolute atomic E-state index is 0.388. The Morgan fingerprint density at radius 2 is 1.67 bits per heavy atom. The lowest BCUT2D eigenvalue weighted by Crippen LogP contribution is -2.59. The van der Waals surface area contributed by atoms with Crippen molar-refractivity contribution in [1.82, 2.24) is 0 Å². The van der Waals surface area contributed by atoms with Crippen molar-refractivity contribution < 1.29 is 14.6 Å². The molecule has 0 saturated carbocycles. The third-order valence-corrected chi connectivity index (χ3v) is 3.38. The van der Waals surface area contributed by atoms with E-state index in [1.165, 1.54) is 0 Å². The molecular weight excluding hydrogens is 250 g/mol. The summed E-state index contributed by atoms with van der Waals surface area (Å²) in [5, 5.41) is 0. The van der Waals surface area contributed by atoms with Crippen LogP contribution in [0.3, 0.4) is 0 Å². The maximum absolute atomic E-state index is 12.2. The summed E-state index contributed by atoms with van der Waals surface area (Å²) in [7, 11) is 0. The topological polar surface area (TPSA) is 61.6 Å². The van der Waals surface area contributed by atoms with Crippen molar-refractivity contribution in [2.24, 2.45) is 11.1 Å². The van der Waals surface area contributed by atoms with E-state index in [0.717, 1.165) is 5.75 Å². The van der Waals surface area contributed by atoms with Crippen molar-refractivity contribution in [2.75, 3.05) is 12.0 Å². The van der Waals surface area contributed by atoms with Crippen LogP contribution in [0.5, 0.6) is 0 Å². The van der Waals surface area contributed by atoms with Crippen molar-refractivity contribution in [1.29, 1.82) is 0 Å². The van der Waals surface area contributed by atoms with E-state index in [4.69, 9.17) is 15.5 Å². The van der Waals surface area contributed by atoms with Crippen molar-refractivity contribution in [2.45, 2.75) is 59.1 Å². The second-order valence-electron chi connectivity index (χ2n) is 6.53. The Balaban J connectivity index is 4.82. The zero-order chi connectivity index (χ0) is 14.6. The number of carbonyl (C=O) groups is 1. The molecule has 0 fully saturated rings. The van der Waals surface area contributed by atoms with E-state index in [1.54, 1.807) is 11.8 Å². The summed E-state index contributed by atoms with van der Waals surface area (Å²) < 4.78 is 0. The zero-order valence-electron chi connectivity index (χ0n) is 12.6. The van der Waals surface area contributed by atoms with Crippen molar-refractivity contribution in [3.8, 4) is 0 Å². The van der Waals surface area contributed by atoms with E-state index >= 15 is 0 Å². The van der Waals surface area contributed by atoms with Gasteiger partial charge >= 0.3 is 5.97 Å². The fraction of sp³-hybridized carbons (Fsp3) is 0.923. The number of rotatable bonds is 5. The second kappa shape index (κ2) is 6.26. The Kier molecular flexibility index (Phi) is 6.17. The van der Waals surface area contributed by atoms with E-state index in [2.05, 4.69) is 0 Å². The maximum Gasteiger partial charge on any atom is 0.362 e. The molecular formula is C13H27NO3S. The number of nitrogens with two attached hydrogens (primary N) is 1. The largest absolute Gasteiger partial charge is 0.362 e. The van der Waals surface area contributed by atoms with Crippen LogP contribution in [0.25, 0.3) is 0 Å². The van der Waals surface area contributed by atoms with Crippen LogP contribution in [0, 0.1) is 5.41 Å². The predicted octanol–water partition coefficient (Wildman–Crippen LogP) is 2.76. The molecule has 5 heteroatoms. The molecule has 0 bridgehead atoms. The van der Waals surface area contributed by atoms with Crippen molar-refractivity contribution in [3.63, 3.8) is 0 Å². The normalized spacial score (nSPS) is 16.2. The van der Waals surface area contributed by atoms with Gasteiger partial charge in [0.15, 0.2) is 0 Å². The molecule has 0 aliphatic heterocycles. The van der Waals surface area contributed by atoms with Gasteiger partial charge in [0.2, 0.25) is 0 Å². The molecule has 1 atom stereocenters. The minimum Gasteiger partial charge on any atom is -0.315 e. The first kappa shape index (κ1) is 17.7. The van der Waals surface area contributed by atoms with Gasteiger partial charge in [0.05, 0.1) is 0 Å². The lowest BCUT2D eigenvalue weighted by atomic mass is 9.72. The molecule has 0 amide bonds. The van der Waals surface area contributed by atoms with Gasteiger partial charge in [0, 0.05) is 0 Å². The van der Waals surface area contributed by atoms with Crippen LogP contribution in [0.1, 0.15) is 48.0 Å². The van der Waals surface area contributed by atoms with Crippen LogP contribution >= 0.6 is 11.8 Å². The number of thioether (sulfide) groups is 1. The quantitative estimate of drug-likeness (QED) is 0.618. The smallest absolute Gasteiger partial charge is 0.315 e. The van der Waals surface area contributed by atoms with Crippen LogP contribution in [0.15, 0.2) is 0 Å². The van der Waals surface area contributed by atoms with E-state index in [-0.39, 0.29) is 5.41 Å². The summed E-state index contributed by atoms with van der Waals surface area (Å²) in [6.45, 7) is 11.3. The first-order valence-corrected chi connectivity index (χ1v) is 7.51. The lowest BCUT2D eigenvalue weighted by molar-refractivity contribution is -0.325. The summed E-state index contributed by atoms with van der Waals surface area (Å²) >= 11 is 1.66. The van der Waals surface area contributed by atoms with Gasteiger partial charge in [-0.25, -0.2) is 4.79 Å². The molecule has 108 valence electrons. The van der Waals surface area contributed by atoms with Gasteiger partial charge in [0.25, 0.3) is 0 Å². The van der Waals surface area contributed by atoms with Gasteiger partial charge in [0.1, 0.15) is 11.1 Å². The third kappa shape index (κ3) is 5.16. The highest BCUT2D eigenvalue weighted by atomic mass is 32.2. The van der Waals surface area contributed by atoms with E-state index in [0.29, 0.717) is 6.42 Å². The highest BCUT2D eigenvalue weighted by Gasteiger charge is 2.47. The molecule has 18 heavy (non-hydrogen) atoms. The average molecular weight is 277 g/mol. The average Bonchev–Trinajstić information content (AvgIpc) is 2.19. The van der Waals surface area contributed by atoms with Gasteiger partial charge in [-0.15, -0.1) is 0 Å². The Morgan fingerprint density at radius 3 is 2.00 bits per heavy atom. The van der Waals surface area contributed by atoms with Gasteiger partial charge in [-0.2, -0.15) is 16.6 Å². The number of hydrogen-bond donors (Lipinski definition) is 1. The van der Waals surface area contributed by atoms with Gasteiger partial charge in [-0.05, 0) is 44.6 Å². The van der Waals surface area contributed by atoms with Gasteiger partial charge < -0.3 is 5.73 Å². The van der Waals surface area contributed by atoms with Gasteiger partial charge in [-0.3, -0.25) is 4.89 Å². The molecule has 0 saturated heterocycles. The summed E-state index contributed by atoms with van der Waals surface area (Å²) in [5.74, 6) is 0.303. The molecule has 2 N–H and O–H groups in total. The zero-order valence-corrected chi connectivity index (χ0v) is 13.4. The summed E-state index contributed by atoms with van der Waals surface area (Å²) in [5.41, 5.74) is 4.30. The summed E-state index contributed by atoms with van der Waals surface area (Å²) in [6, 6.07) is 0. The Hall–Kier alpha value is -0.260. The van der Waals surface area contributed by atoms with Crippen molar-refractivity contribution in [3.05, 3.63) is 0 Å². The second-order valence-corrected chi connectivity index (χ2v) is 7.52. The molecule has 0 aromatic rings. The highest BCUT2D eigenvalue weighted by molar-refractivity contribution is 7.98. The molecule has 0 heterocycles. The van der Waals surface area contributed by atoms with Crippen LogP contribution in [0.2, 0.25) is 0 Å². The molecule has 0 radical (unpaired) electrons. The molecule has 0 aromatic heterocycles. The predicted molar refractivity (Wildman–Crippen MR) is 76.3 cm³/mol. The first-order valence-electron chi connectivity index (χ1n) is 6.12. The SMILES string of the molecule is CSCCC(N)(C(=O)OOC(C)(C)C)C(C)(C)C. The summed E-state index contributed by atoms with van der Waals surface area (Å²) in [6.07, 6.45) is 2.55. The fourth-order valence-corrected chi connectivity index (χ4v) is 1.81. The molecule has 0 aliphatic carbocycles. The minimum atomic E-state index is -1.04. The van der Waals surface area contributed by atoms with Crippen LogP contribution in [-0.2, 0) is 14.6 Å². The van der Waals surface area contributed by atoms with Crippen LogP contribution in [0.4, 0.5) is 0 Å². The molecule has 0 rings (SSSR count). The summed E-state index contributed by atoms with van der Waals surface area (Å²) in [4.78, 5) is 22.2. The molecule has 1 unspecified atom stereocenters. The standard InChI is InChI=1S/C13H27NO3S/c1-11(2,3)13(14,8-9-18-7)10(15)16-17-12(4,5)6/h8-9,14H2,1-7H3. The highest BCUT2D eigenvalue weighted by Crippen LogP contribution is 2.33. The third-order valence-electron chi connectivity index (χ3n) is 2.77. The van der Waals surface area contributed by atoms with E-state index in [1.807, 2.05) is 47.8 Å². The molecule has 0 spiro atoms. The molecule has 0 aliphatic rings. The van der Waals surface area contributed by atoms with Crippen LogP contribution < -0.4 is 5.73 Å². The van der Waals surface area contributed by atoms with E-state index < -0.39 is 17.1 Å². The van der Waals surface area contributed by atoms with Crippen molar-refractivity contribution >= 4 is 17.7 Å². The Bertz CT molecular complexity index is 281. The Morgan fingerprint density at radius 1 is 1.17 bits per heavy atom. The molecule has 0 aromatic carbocycles. The van der Waals surface area contributed by atoms with Crippen LogP contribution in [-0.4, -0.2) is 29.1 Å². The fourth-order valence-electron chi connectivity index (χ4n) is 1.28. The number of hydrogen-bond acceptors (Lipinski definition) is 5. The maximum atomic E-state index is 12.2. The number of carbonyl (C=O) groups excluding carboxylic acids is 1. The molecule has 4 nitrogen and oxygen atoms in total. The first-order chi connectivity index (χ1) is 7.94. The van der Waals surface area contributed by atoms with E-state index in [9.17, 15) is 4.79 Å². The lowest BCUT2D eigenvalue weighted by Gasteiger charge is -2.38. The monoisotopic (exact) mass is 277 g/mol.